The number of hydrogen-bond acceptors (Lipinski definition) is 5. The second-order valence-corrected chi connectivity index (χ2v) is 6.57. The number of halogens is 1. The van der Waals surface area contributed by atoms with Crippen LogP contribution in [0.15, 0.2) is 34.5 Å². The summed E-state index contributed by atoms with van der Waals surface area (Å²) in [6, 6.07) is 8.16. The quantitative estimate of drug-likeness (QED) is 0.848. The van der Waals surface area contributed by atoms with E-state index in [1.165, 1.54) is 24.3 Å². The number of anilines is 2. The van der Waals surface area contributed by atoms with Crippen molar-refractivity contribution in [2.24, 2.45) is 0 Å². The van der Waals surface area contributed by atoms with E-state index in [1.807, 2.05) is 6.07 Å². The maximum absolute atomic E-state index is 13.5. The second-order valence-electron chi connectivity index (χ2n) is 3.58. The van der Waals surface area contributed by atoms with Crippen molar-refractivity contribution in [3.63, 3.8) is 0 Å². The maximum Gasteiger partial charge on any atom is 0.271 e. The van der Waals surface area contributed by atoms with Crippen molar-refractivity contribution < 1.29 is 12.8 Å². The molecule has 98 valence electrons. The molecule has 19 heavy (non-hydrogen) atoms. The van der Waals surface area contributed by atoms with Crippen LogP contribution in [0.4, 0.5) is 15.8 Å². The fourth-order valence-corrected chi connectivity index (χ4v) is 3.50. The molecule has 0 amide bonds. The zero-order chi connectivity index (χ0) is 14.0. The van der Waals surface area contributed by atoms with E-state index in [0.717, 1.165) is 17.4 Å². The summed E-state index contributed by atoms with van der Waals surface area (Å²) in [5.74, 6) is -0.763. The maximum atomic E-state index is 13.5. The first-order chi connectivity index (χ1) is 8.92. The van der Waals surface area contributed by atoms with Gasteiger partial charge in [-0.05, 0) is 30.3 Å². The standard InChI is InChI=1S/C11H8FN3O2S2/c12-9-5-7(14)1-3-10(9)15-19(16,17)11-4-2-8(6-13)18-11/h1-5,15H,14H2. The number of nitrogens with one attached hydrogen (secondary N) is 1. The summed E-state index contributed by atoms with van der Waals surface area (Å²) in [6.45, 7) is 0. The Bertz CT molecular complexity index is 762. The average molecular weight is 297 g/mol. The van der Waals surface area contributed by atoms with Crippen molar-refractivity contribution in [2.45, 2.75) is 4.21 Å². The number of nitrogens with zero attached hydrogens (tertiary/aromatic N) is 1. The van der Waals surface area contributed by atoms with Crippen LogP contribution in [0.2, 0.25) is 0 Å². The van der Waals surface area contributed by atoms with E-state index >= 15 is 0 Å². The van der Waals surface area contributed by atoms with Gasteiger partial charge in [-0.15, -0.1) is 11.3 Å². The first-order valence-electron chi connectivity index (χ1n) is 5.00. The van der Waals surface area contributed by atoms with Crippen LogP contribution in [-0.2, 0) is 10.0 Å². The highest BCUT2D eigenvalue weighted by Gasteiger charge is 2.18. The van der Waals surface area contributed by atoms with Gasteiger partial charge in [-0.25, -0.2) is 12.8 Å². The van der Waals surface area contributed by atoms with Gasteiger partial charge >= 0.3 is 0 Å². The minimum Gasteiger partial charge on any atom is -0.399 e. The Balaban J connectivity index is 2.34. The summed E-state index contributed by atoms with van der Waals surface area (Å²) in [5.41, 5.74) is 5.38. The molecule has 0 unspecified atom stereocenters. The molecule has 0 bridgehead atoms. The van der Waals surface area contributed by atoms with Crippen molar-refractivity contribution in [1.82, 2.24) is 0 Å². The molecule has 2 aromatic rings. The Morgan fingerprint density at radius 3 is 2.63 bits per heavy atom. The lowest BCUT2D eigenvalue weighted by molar-refractivity contribution is 0.600. The van der Waals surface area contributed by atoms with Crippen LogP contribution in [0, 0.1) is 17.1 Å². The SMILES string of the molecule is N#Cc1ccc(S(=O)(=O)Nc2ccc(N)cc2F)s1. The molecule has 0 aliphatic heterocycles. The molecule has 1 aromatic carbocycles. The zero-order valence-corrected chi connectivity index (χ0v) is 11.1. The van der Waals surface area contributed by atoms with E-state index < -0.39 is 15.8 Å². The van der Waals surface area contributed by atoms with Crippen LogP contribution in [0.25, 0.3) is 0 Å². The highest BCUT2D eigenvalue weighted by Crippen LogP contribution is 2.25. The molecule has 0 saturated heterocycles. The number of nitriles is 1. The molecule has 3 N–H and O–H groups in total. The van der Waals surface area contributed by atoms with Crippen molar-refractivity contribution in [1.29, 1.82) is 5.26 Å². The molecule has 8 heteroatoms. The second kappa shape index (κ2) is 4.87. The topological polar surface area (TPSA) is 96.0 Å². The van der Waals surface area contributed by atoms with Gasteiger partial charge in [0.15, 0.2) is 0 Å². The highest BCUT2D eigenvalue weighted by atomic mass is 32.2. The summed E-state index contributed by atoms with van der Waals surface area (Å²) in [4.78, 5) is 0.262. The number of nitrogen functional groups attached to an aromatic ring is 1. The Morgan fingerprint density at radius 1 is 1.32 bits per heavy atom. The molecule has 0 radical (unpaired) electrons. The molecule has 2 rings (SSSR count). The van der Waals surface area contributed by atoms with Gasteiger partial charge in [0, 0.05) is 5.69 Å². The smallest absolute Gasteiger partial charge is 0.271 e. The molecule has 0 spiro atoms. The van der Waals surface area contributed by atoms with Gasteiger partial charge in [-0.1, -0.05) is 0 Å². The summed E-state index contributed by atoms with van der Waals surface area (Å²) < 4.78 is 39.5. The Kier molecular flexibility index (Phi) is 3.42. The van der Waals surface area contributed by atoms with Crippen LogP contribution >= 0.6 is 11.3 Å². The van der Waals surface area contributed by atoms with Gasteiger partial charge in [0.2, 0.25) is 0 Å². The van der Waals surface area contributed by atoms with Crippen molar-refractivity contribution in [2.75, 3.05) is 10.5 Å². The monoisotopic (exact) mass is 297 g/mol. The largest absolute Gasteiger partial charge is 0.399 e. The van der Waals surface area contributed by atoms with Crippen molar-refractivity contribution in [3.8, 4) is 6.07 Å². The van der Waals surface area contributed by atoms with Crippen molar-refractivity contribution >= 4 is 32.7 Å². The normalized spacial score (nSPS) is 10.9. The fraction of sp³-hybridized carbons (Fsp3) is 0. The van der Waals surface area contributed by atoms with Crippen molar-refractivity contribution in [3.05, 3.63) is 41.0 Å². The Hall–Kier alpha value is -2.11. The lowest BCUT2D eigenvalue weighted by atomic mass is 10.3. The van der Waals surface area contributed by atoms with E-state index in [-0.39, 0.29) is 20.5 Å². The van der Waals surface area contributed by atoms with Gasteiger partial charge < -0.3 is 5.73 Å². The number of hydrogen-bond donors (Lipinski definition) is 2. The van der Waals surface area contributed by atoms with Crippen LogP contribution < -0.4 is 10.5 Å². The minimum absolute atomic E-state index is 0.0553. The van der Waals surface area contributed by atoms with Gasteiger partial charge in [0.25, 0.3) is 10.0 Å². The molecule has 0 atom stereocenters. The number of benzene rings is 1. The summed E-state index contributed by atoms with van der Waals surface area (Å²) in [7, 11) is -3.90. The van der Waals surface area contributed by atoms with Crippen LogP contribution in [0.3, 0.4) is 0 Å². The predicted octanol–water partition coefficient (Wildman–Crippen LogP) is 2.14. The molecule has 5 nitrogen and oxygen atoms in total. The van der Waals surface area contributed by atoms with Gasteiger partial charge in [0.05, 0.1) is 5.69 Å². The van der Waals surface area contributed by atoms with Gasteiger partial charge in [-0.2, -0.15) is 5.26 Å². The fourth-order valence-electron chi connectivity index (χ4n) is 1.33. The zero-order valence-electron chi connectivity index (χ0n) is 9.42. The molecule has 0 aliphatic carbocycles. The van der Waals surface area contributed by atoms with E-state index in [2.05, 4.69) is 4.72 Å². The van der Waals surface area contributed by atoms with E-state index in [9.17, 15) is 12.8 Å². The third kappa shape index (κ3) is 2.83. The van der Waals surface area contributed by atoms with E-state index in [0.29, 0.717) is 0 Å². The molecular weight excluding hydrogens is 289 g/mol. The number of nitrogens with two attached hydrogens (primary N) is 1. The highest BCUT2D eigenvalue weighted by molar-refractivity contribution is 7.94. The number of sulfonamides is 1. The Labute approximate surface area is 113 Å². The molecular formula is C11H8FN3O2S2. The minimum atomic E-state index is -3.90. The van der Waals surface area contributed by atoms with Crippen LogP contribution in [0.1, 0.15) is 4.88 Å². The summed E-state index contributed by atoms with van der Waals surface area (Å²) >= 11 is 0.809. The lowest BCUT2D eigenvalue weighted by Crippen LogP contribution is -2.12. The molecule has 1 heterocycles. The van der Waals surface area contributed by atoms with E-state index in [1.54, 1.807) is 0 Å². The van der Waals surface area contributed by atoms with Crippen LogP contribution in [0.5, 0.6) is 0 Å². The molecule has 0 aliphatic rings. The molecule has 0 fully saturated rings. The van der Waals surface area contributed by atoms with Gasteiger partial charge in [0.1, 0.15) is 21.0 Å². The number of thiophene rings is 1. The third-order valence-corrected chi connectivity index (χ3v) is 5.04. The van der Waals surface area contributed by atoms with Gasteiger partial charge in [-0.3, -0.25) is 4.72 Å². The van der Waals surface area contributed by atoms with Crippen LogP contribution in [-0.4, -0.2) is 8.42 Å². The lowest BCUT2D eigenvalue weighted by Gasteiger charge is -2.07. The third-order valence-electron chi connectivity index (χ3n) is 2.19. The predicted molar refractivity (Wildman–Crippen MR) is 70.7 cm³/mol. The Morgan fingerprint density at radius 2 is 2.05 bits per heavy atom. The molecule has 1 aromatic heterocycles. The first-order valence-corrected chi connectivity index (χ1v) is 7.30. The average Bonchev–Trinajstić information content (AvgIpc) is 2.82. The summed E-state index contributed by atoms with van der Waals surface area (Å²) in [5, 5.41) is 8.65. The first kappa shape index (κ1) is 13.3. The summed E-state index contributed by atoms with van der Waals surface area (Å²) in [6.07, 6.45) is 0. The number of rotatable bonds is 3. The van der Waals surface area contributed by atoms with E-state index in [4.69, 9.17) is 11.0 Å². The molecule has 0 saturated carbocycles.